The average molecular weight is 459 g/mol. The van der Waals surface area contributed by atoms with Gasteiger partial charge in [0, 0.05) is 21.8 Å². The zero-order chi connectivity index (χ0) is 19.5. The topological polar surface area (TPSA) is 89.3 Å². The molecule has 0 aliphatic heterocycles. The number of sulfonamides is 1. The molecule has 2 aromatic carbocycles. The minimum absolute atomic E-state index is 0.118. The van der Waals surface area contributed by atoms with Crippen molar-refractivity contribution in [1.82, 2.24) is 4.72 Å². The summed E-state index contributed by atoms with van der Waals surface area (Å²) in [5.41, 5.74) is 0.116. The Morgan fingerprint density at radius 3 is 2.31 bits per heavy atom. The van der Waals surface area contributed by atoms with Crippen LogP contribution in [0.25, 0.3) is 0 Å². The summed E-state index contributed by atoms with van der Waals surface area (Å²) >= 11 is 4.65. The predicted molar refractivity (Wildman–Crippen MR) is 107 cm³/mol. The fourth-order valence-electron chi connectivity index (χ4n) is 2.13. The van der Waals surface area contributed by atoms with Crippen LogP contribution in [0.1, 0.15) is 26.3 Å². The van der Waals surface area contributed by atoms with Crippen molar-refractivity contribution in [1.29, 1.82) is 0 Å². The van der Waals surface area contributed by atoms with Crippen LogP contribution in [0.5, 0.6) is 0 Å². The Hall–Kier alpha value is -1.42. The minimum atomic E-state index is -3.83. The maximum absolute atomic E-state index is 12.4. The molecule has 0 heterocycles. The summed E-state index contributed by atoms with van der Waals surface area (Å²) in [6.45, 7) is 5.13. The van der Waals surface area contributed by atoms with E-state index < -0.39 is 20.5 Å². The first kappa shape index (κ1) is 20.9. The van der Waals surface area contributed by atoms with Gasteiger partial charge in [-0.2, -0.15) is 0 Å². The molecular weight excluding hydrogens is 440 g/mol. The van der Waals surface area contributed by atoms with Crippen molar-refractivity contribution in [2.24, 2.45) is 0 Å². The number of hydrogen-bond acceptors (Lipinski definition) is 5. The van der Waals surface area contributed by atoms with E-state index in [0.29, 0.717) is 10.6 Å². The number of halogens is 1. The molecule has 0 amide bonds. The molecule has 0 radical (unpaired) electrons. The average Bonchev–Trinajstić information content (AvgIpc) is 2.51. The van der Waals surface area contributed by atoms with E-state index in [1.54, 1.807) is 20.8 Å². The van der Waals surface area contributed by atoms with Gasteiger partial charge in [-0.25, -0.2) is 13.1 Å². The van der Waals surface area contributed by atoms with Gasteiger partial charge in [0.05, 0.1) is 14.7 Å². The second kappa shape index (κ2) is 8.08. The maximum Gasteiger partial charge on any atom is 0.284 e. The molecule has 2 aromatic rings. The number of nitrogens with one attached hydrogen (secondary N) is 1. The van der Waals surface area contributed by atoms with Crippen molar-refractivity contribution in [3.8, 4) is 0 Å². The van der Waals surface area contributed by atoms with E-state index in [-0.39, 0.29) is 10.6 Å². The Balaban J connectivity index is 2.28. The largest absolute Gasteiger partial charge is 0.284 e. The van der Waals surface area contributed by atoms with Gasteiger partial charge in [-0.05, 0) is 50.6 Å². The number of benzene rings is 2. The van der Waals surface area contributed by atoms with Gasteiger partial charge in [0.1, 0.15) is 0 Å². The number of nitrogens with zero attached hydrogens (tertiary/aromatic N) is 1. The normalized spacial score (nSPS) is 12.2. The van der Waals surface area contributed by atoms with Crippen molar-refractivity contribution in [3.63, 3.8) is 0 Å². The highest BCUT2D eigenvalue weighted by Crippen LogP contribution is 2.33. The summed E-state index contributed by atoms with van der Waals surface area (Å²) in [5.74, 6) is 0.542. The van der Waals surface area contributed by atoms with E-state index in [9.17, 15) is 18.5 Å². The Bertz CT molecular complexity index is 907. The molecule has 0 aromatic heterocycles. The van der Waals surface area contributed by atoms with Crippen molar-refractivity contribution in [3.05, 3.63) is 62.6 Å². The van der Waals surface area contributed by atoms with Crippen LogP contribution in [0.15, 0.2) is 56.7 Å². The van der Waals surface area contributed by atoms with Crippen molar-refractivity contribution in [2.45, 2.75) is 41.9 Å². The predicted octanol–water partition coefficient (Wildman–Crippen LogP) is 4.73. The number of nitro groups is 1. The minimum Gasteiger partial charge on any atom is -0.258 e. The molecule has 0 saturated heterocycles. The molecule has 0 unspecified atom stereocenters. The van der Waals surface area contributed by atoms with Crippen molar-refractivity contribution >= 4 is 43.4 Å². The van der Waals surface area contributed by atoms with Crippen LogP contribution in [0.2, 0.25) is 0 Å². The smallest absolute Gasteiger partial charge is 0.258 e. The molecule has 0 fully saturated rings. The zero-order valence-corrected chi connectivity index (χ0v) is 17.7. The summed E-state index contributed by atoms with van der Waals surface area (Å²) in [6, 6.07) is 11.6. The first-order chi connectivity index (χ1) is 12.0. The zero-order valence-electron chi connectivity index (χ0n) is 14.5. The highest BCUT2D eigenvalue weighted by atomic mass is 79.9. The van der Waals surface area contributed by atoms with Crippen LogP contribution in [0.3, 0.4) is 0 Å². The Labute approximate surface area is 165 Å². The molecule has 0 aliphatic rings. The summed E-state index contributed by atoms with van der Waals surface area (Å²) in [6.07, 6.45) is 0. The van der Waals surface area contributed by atoms with Gasteiger partial charge in [0.2, 0.25) is 10.0 Å². The lowest BCUT2D eigenvalue weighted by Crippen LogP contribution is -2.40. The molecule has 0 aliphatic carbocycles. The van der Waals surface area contributed by atoms with Gasteiger partial charge >= 0.3 is 0 Å². The van der Waals surface area contributed by atoms with E-state index in [0.717, 1.165) is 16.1 Å². The van der Waals surface area contributed by atoms with E-state index in [4.69, 9.17) is 0 Å². The molecule has 140 valence electrons. The number of thioether (sulfide) groups is 1. The Morgan fingerprint density at radius 1 is 1.15 bits per heavy atom. The van der Waals surface area contributed by atoms with E-state index >= 15 is 0 Å². The van der Waals surface area contributed by atoms with Gasteiger partial charge in [0.15, 0.2) is 0 Å². The van der Waals surface area contributed by atoms with E-state index in [1.165, 1.54) is 23.9 Å². The Kier molecular flexibility index (Phi) is 6.49. The number of nitro benzene ring substituents is 1. The second-order valence-electron chi connectivity index (χ2n) is 6.66. The van der Waals surface area contributed by atoms with Gasteiger partial charge in [-0.3, -0.25) is 10.1 Å². The highest BCUT2D eigenvalue weighted by Gasteiger charge is 2.25. The standard InChI is InChI=1S/C17H19BrN2O4S2/c1-17(2,3)19-26(23,24)14-8-9-16(15(10-14)20(21)22)25-11-12-4-6-13(18)7-5-12/h4-10,19H,11H2,1-3H3. The van der Waals surface area contributed by atoms with E-state index in [2.05, 4.69) is 20.7 Å². The third kappa shape index (κ3) is 5.80. The van der Waals surface area contributed by atoms with Crippen LogP contribution in [-0.4, -0.2) is 18.9 Å². The lowest BCUT2D eigenvalue weighted by atomic mass is 10.1. The molecule has 0 atom stereocenters. The quantitative estimate of drug-likeness (QED) is 0.383. The first-order valence-electron chi connectivity index (χ1n) is 7.68. The second-order valence-corrected chi connectivity index (χ2v) is 10.3. The SMILES string of the molecule is CC(C)(C)NS(=O)(=O)c1ccc(SCc2ccc(Br)cc2)c([N+](=O)[O-])c1. The summed E-state index contributed by atoms with van der Waals surface area (Å²) < 4.78 is 28.3. The van der Waals surface area contributed by atoms with Gasteiger partial charge in [0.25, 0.3) is 5.69 Å². The lowest BCUT2D eigenvalue weighted by molar-refractivity contribution is -0.388. The van der Waals surface area contributed by atoms with Crippen LogP contribution >= 0.6 is 27.7 Å². The van der Waals surface area contributed by atoms with Gasteiger partial charge < -0.3 is 0 Å². The maximum atomic E-state index is 12.4. The summed E-state index contributed by atoms with van der Waals surface area (Å²) in [5, 5.41) is 11.4. The van der Waals surface area contributed by atoms with Gasteiger partial charge in [-0.15, -0.1) is 11.8 Å². The fraction of sp³-hybridized carbons (Fsp3) is 0.294. The number of hydrogen-bond donors (Lipinski definition) is 1. The van der Waals surface area contributed by atoms with Crippen LogP contribution in [0, 0.1) is 10.1 Å². The molecule has 0 spiro atoms. The monoisotopic (exact) mass is 458 g/mol. The van der Waals surface area contributed by atoms with Crippen LogP contribution < -0.4 is 4.72 Å². The molecular formula is C17H19BrN2O4S2. The fourth-order valence-corrected chi connectivity index (χ4v) is 4.80. The third-order valence-electron chi connectivity index (χ3n) is 3.19. The lowest BCUT2D eigenvalue weighted by Gasteiger charge is -2.20. The molecule has 6 nitrogen and oxygen atoms in total. The molecule has 2 rings (SSSR count). The summed E-state index contributed by atoms with van der Waals surface area (Å²) in [4.78, 5) is 11.2. The highest BCUT2D eigenvalue weighted by molar-refractivity contribution is 9.10. The first-order valence-corrected chi connectivity index (χ1v) is 10.9. The van der Waals surface area contributed by atoms with Crippen LogP contribution in [-0.2, 0) is 15.8 Å². The molecule has 26 heavy (non-hydrogen) atoms. The van der Waals surface area contributed by atoms with Crippen LogP contribution in [0.4, 0.5) is 5.69 Å². The molecule has 1 N–H and O–H groups in total. The van der Waals surface area contributed by atoms with Gasteiger partial charge in [-0.1, -0.05) is 28.1 Å². The van der Waals surface area contributed by atoms with Crippen molar-refractivity contribution in [2.75, 3.05) is 0 Å². The third-order valence-corrected chi connectivity index (χ3v) is 6.60. The number of rotatable bonds is 6. The molecule has 0 saturated carbocycles. The Morgan fingerprint density at radius 2 is 1.77 bits per heavy atom. The molecule has 0 bridgehead atoms. The van der Waals surface area contributed by atoms with Crippen molar-refractivity contribution < 1.29 is 13.3 Å². The summed E-state index contributed by atoms with van der Waals surface area (Å²) in [7, 11) is -3.83. The molecule has 9 heteroatoms. The van der Waals surface area contributed by atoms with E-state index in [1.807, 2.05) is 24.3 Å².